The highest BCUT2D eigenvalue weighted by molar-refractivity contribution is 7.00. The maximum absolute atomic E-state index is 12.9. The average Bonchev–Trinajstić information content (AvgIpc) is 3.34. The zero-order valence-corrected chi connectivity index (χ0v) is 15.3. The monoisotopic (exact) mass is 383 g/mol. The largest absolute Gasteiger partial charge is 0.497 e. The SMILES string of the molecule is COc1ccc([C@@H]2CN(C(=O)c3ccc4nsnc4c3)C[C@H]2C(=O)O)cc1. The van der Waals surface area contributed by atoms with Gasteiger partial charge < -0.3 is 14.7 Å². The van der Waals surface area contributed by atoms with E-state index in [9.17, 15) is 14.7 Å². The molecule has 0 aliphatic carbocycles. The van der Waals surface area contributed by atoms with Crippen LogP contribution in [-0.2, 0) is 4.79 Å². The van der Waals surface area contributed by atoms with Crippen LogP contribution in [-0.4, -0.2) is 50.8 Å². The first-order valence-corrected chi connectivity index (χ1v) is 9.18. The fourth-order valence-electron chi connectivity index (χ4n) is 3.51. The van der Waals surface area contributed by atoms with Crippen LogP contribution in [0, 0.1) is 5.92 Å². The molecule has 2 aromatic carbocycles. The van der Waals surface area contributed by atoms with Gasteiger partial charge in [0.1, 0.15) is 16.8 Å². The van der Waals surface area contributed by atoms with Crippen LogP contribution < -0.4 is 4.74 Å². The van der Waals surface area contributed by atoms with Crippen molar-refractivity contribution in [2.45, 2.75) is 5.92 Å². The molecule has 0 unspecified atom stereocenters. The Hall–Kier alpha value is -3.00. The fourth-order valence-corrected chi connectivity index (χ4v) is 4.02. The van der Waals surface area contributed by atoms with Gasteiger partial charge in [-0.2, -0.15) is 8.75 Å². The van der Waals surface area contributed by atoms with Gasteiger partial charge in [0, 0.05) is 24.6 Å². The number of carbonyl (C=O) groups is 2. The summed E-state index contributed by atoms with van der Waals surface area (Å²) in [5.41, 5.74) is 2.80. The van der Waals surface area contributed by atoms with Crippen LogP contribution in [0.15, 0.2) is 42.5 Å². The summed E-state index contributed by atoms with van der Waals surface area (Å²) < 4.78 is 13.5. The predicted molar refractivity (Wildman–Crippen MR) is 100 cm³/mol. The number of fused-ring (bicyclic) bond motifs is 1. The first-order chi connectivity index (χ1) is 13.1. The number of carbonyl (C=O) groups excluding carboxylic acids is 1. The van der Waals surface area contributed by atoms with Crippen molar-refractivity contribution in [3.8, 4) is 5.75 Å². The maximum Gasteiger partial charge on any atom is 0.308 e. The second-order valence-corrected chi connectivity index (χ2v) is 7.03. The number of benzene rings is 2. The van der Waals surface area contributed by atoms with Gasteiger partial charge in [-0.25, -0.2) is 0 Å². The Kier molecular flexibility index (Phi) is 4.49. The number of likely N-dealkylation sites (tertiary alicyclic amines) is 1. The molecule has 138 valence electrons. The molecule has 0 radical (unpaired) electrons. The molecule has 2 heterocycles. The van der Waals surface area contributed by atoms with Crippen LogP contribution >= 0.6 is 11.7 Å². The Morgan fingerprint density at radius 3 is 2.56 bits per heavy atom. The van der Waals surface area contributed by atoms with E-state index >= 15 is 0 Å². The Balaban J connectivity index is 1.60. The van der Waals surface area contributed by atoms with Crippen LogP contribution in [0.5, 0.6) is 5.75 Å². The number of carboxylic acids is 1. The molecule has 4 rings (SSSR count). The van der Waals surface area contributed by atoms with Crippen molar-refractivity contribution in [1.29, 1.82) is 0 Å². The molecule has 8 heteroatoms. The predicted octanol–water partition coefficient (Wildman–Crippen LogP) is 2.64. The van der Waals surface area contributed by atoms with Gasteiger partial charge >= 0.3 is 5.97 Å². The molecule has 1 fully saturated rings. The van der Waals surface area contributed by atoms with Gasteiger partial charge in [-0.3, -0.25) is 9.59 Å². The van der Waals surface area contributed by atoms with E-state index in [4.69, 9.17) is 4.74 Å². The summed E-state index contributed by atoms with van der Waals surface area (Å²) in [5.74, 6) is -1.28. The van der Waals surface area contributed by atoms with Crippen molar-refractivity contribution >= 4 is 34.6 Å². The van der Waals surface area contributed by atoms with Crippen molar-refractivity contribution in [3.63, 3.8) is 0 Å². The van der Waals surface area contributed by atoms with E-state index in [1.807, 2.05) is 24.3 Å². The first-order valence-electron chi connectivity index (χ1n) is 8.45. The minimum Gasteiger partial charge on any atom is -0.497 e. The summed E-state index contributed by atoms with van der Waals surface area (Å²) in [7, 11) is 1.58. The second kappa shape index (κ2) is 6.96. The second-order valence-electron chi connectivity index (χ2n) is 6.50. The molecule has 1 aliphatic heterocycles. The lowest BCUT2D eigenvalue weighted by Crippen LogP contribution is -2.29. The molecule has 1 aliphatic rings. The van der Waals surface area contributed by atoms with Crippen molar-refractivity contribution in [2.24, 2.45) is 5.92 Å². The number of ether oxygens (including phenoxy) is 1. The number of aliphatic carboxylic acids is 1. The van der Waals surface area contributed by atoms with E-state index in [1.54, 1.807) is 30.2 Å². The fraction of sp³-hybridized carbons (Fsp3) is 0.263. The Morgan fingerprint density at radius 2 is 1.85 bits per heavy atom. The minimum atomic E-state index is -0.898. The number of methoxy groups -OCH3 is 1. The molecule has 0 bridgehead atoms. The summed E-state index contributed by atoms with van der Waals surface area (Å²) in [6, 6.07) is 12.5. The third-order valence-electron chi connectivity index (χ3n) is 4.97. The van der Waals surface area contributed by atoms with E-state index < -0.39 is 11.9 Å². The van der Waals surface area contributed by atoms with Crippen molar-refractivity contribution in [3.05, 3.63) is 53.6 Å². The van der Waals surface area contributed by atoms with Gasteiger partial charge in [-0.15, -0.1) is 0 Å². The lowest BCUT2D eigenvalue weighted by Gasteiger charge is -2.17. The molecule has 1 N–H and O–H groups in total. The van der Waals surface area contributed by atoms with Gasteiger partial charge in [0.2, 0.25) is 0 Å². The summed E-state index contributed by atoms with van der Waals surface area (Å²) >= 11 is 1.10. The quantitative estimate of drug-likeness (QED) is 0.745. The highest BCUT2D eigenvalue weighted by Gasteiger charge is 2.40. The third-order valence-corrected chi connectivity index (χ3v) is 5.53. The number of nitrogens with zero attached hydrogens (tertiary/aromatic N) is 3. The van der Waals surface area contributed by atoms with Crippen molar-refractivity contribution in [1.82, 2.24) is 13.6 Å². The Bertz CT molecular complexity index is 1000. The topological polar surface area (TPSA) is 92.6 Å². The normalized spacial score (nSPS) is 19.4. The first kappa shape index (κ1) is 17.4. The summed E-state index contributed by atoms with van der Waals surface area (Å²) in [5, 5.41) is 9.65. The van der Waals surface area contributed by atoms with Crippen molar-refractivity contribution < 1.29 is 19.4 Å². The number of amides is 1. The van der Waals surface area contributed by atoms with Crippen molar-refractivity contribution in [2.75, 3.05) is 20.2 Å². The third kappa shape index (κ3) is 3.23. The molecule has 1 amide bonds. The van der Waals surface area contributed by atoms with E-state index in [1.165, 1.54) is 0 Å². The summed E-state index contributed by atoms with van der Waals surface area (Å²) in [4.78, 5) is 26.3. The van der Waals surface area contributed by atoms with Gasteiger partial charge in [0.05, 0.1) is 24.8 Å². The zero-order valence-electron chi connectivity index (χ0n) is 14.5. The Morgan fingerprint density at radius 1 is 1.11 bits per heavy atom. The maximum atomic E-state index is 12.9. The van der Waals surface area contributed by atoms with E-state index in [0.29, 0.717) is 23.4 Å². The molecule has 3 aromatic rings. The number of hydrogen-bond donors (Lipinski definition) is 1. The molecule has 0 saturated carbocycles. The van der Waals surface area contributed by atoms with Crippen LogP contribution in [0.25, 0.3) is 11.0 Å². The number of hydrogen-bond acceptors (Lipinski definition) is 6. The van der Waals surface area contributed by atoms with Crippen LogP contribution in [0.4, 0.5) is 0 Å². The standard InChI is InChI=1S/C19H17N3O4S/c1-26-13-5-2-11(3-6-13)14-9-22(10-15(14)19(24)25)18(23)12-4-7-16-17(8-12)21-27-20-16/h2-8,14-15H,9-10H2,1H3,(H,24,25)/t14-,15+/m0/s1. The molecule has 7 nitrogen and oxygen atoms in total. The highest BCUT2D eigenvalue weighted by atomic mass is 32.1. The minimum absolute atomic E-state index is 0.179. The molecule has 0 spiro atoms. The Labute approximate surface area is 159 Å². The van der Waals surface area contributed by atoms with Crippen LogP contribution in [0.1, 0.15) is 21.8 Å². The van der Waals surface area contributed by atoms with Gasteiger partial charge in [-0.1, -0.05) is 12.1 Å². The molecule has 1 aromatic heterocycles. The smallest absolute Gasteiger partial charge is 0.308 e. The molecule has 2 atom stereocenters. The molecule has 1 saturated heterocycles. The zero-order chi connectivity index (χ0) is 19.0. The van der Waals surface area contributed by atoms with E-state index in [0.717, 1.165) is 22.8 Å². The molecular formula is C19H17N3O4S. The van der Waals surface area contributed by atoms with E-state index in [2.05, 4.69) is 8.75 Å². The molecular weight excluding hydrogens is 366 g/mol. The summed E-state index contributed by atoms with van der Waals surface area (Å²) in [6.07, 6.45) is 0. The van der Waals surface area contributed by atoms with Gasteiger partial charge in [0.25, 0.3) is 5.91 Å². The lowest BCUT2D eigenvalue weighted by atomic mass is 9.89. The highest BCUT2D eigenvalue weighted by Crippen LogP contribution is 2.34. The number of carboxylic acid groups (broad SMARTS) is 1. The van der Waals surface area contributed by atoms with Crippen LogP contribution in [0.3, 0.4) is 0 Å². The van der Waals surface area contributed by atoms with Gasteiger partial charge in [-0.05, 0) is 35.9 Å². The summed E-state index contributed by atoms with van der Waals surface area (Å²) in [6.45, 7) is 0.535. The molecule has 27 heavy (non-hydrogen) atoms. The van der Waals surface area contributed by atoms with Gasteiger partial charge in [0.15, 0.2) is 0 Å². The number of rotatable bonds is 4. The lowest BCUT2D eigenvalue weighted by molar-refractivity contribution is -0.141. The van der Waals surface area contributed by atoms with E-state index in [-0.39, 0.29) is 18.4 Å². The van der Waals surface area contributed by atoms with Crippen LogP contribution in [0.2, 0.25) is 0 Å². The average molecular weight is 383 g/mol. The number of aromatic nitrogens is 2.